The van der Waals surface area contributed by atoms with Gasteiger partial charge in [-0.05, 0) is 37.5 Å². The molecule has 72 valence electrons. The Morgan fingerprint density at radius 3 is 2.17 bits per heavy atom. The second-order valence-corrected chi connectivity index (χ2v) is 4.43. The fourth-order valence-corrected chi connectivity index (χ4v) is 2.52. The average Bonchev–Trinajstić information content (AvgIpc) is 2.51. The number of rotatable bonds is 3. The van der Waals surface area contributed by atoms with E-state index in [1.165, 1.54) is 19.3 Å². The molecule has 1 N–H and O–H groups in total. The van der Waals surface area contributed by atoms with E-state index < -0.39 is 0 Å². The van der Waals surface area contributed by atoms with E-state index in [1.807, 2.05) is 0 Å². The van der Waals surface area contributed by atoms with Crippen molar-refractivity contribution in [3.8, 4) is 0 Å². The van der Waals surface area contributed by atoms with Crippen LogP contribution in [0.2, 0.25) is 0 Å². The normalized spacial score (nSPS) is 31.0. The van der Waals surface area contributed by atoms with Gasteiger partial charge in [0.2, 0.25) is 0 Å². The Labute approximate surface area is 76.2 Å². The Balaban J connectivity index is 2.55. The first-order chi connectivity index (χ1) is 5.62. The van der Waals surface area contributed by atoms with Crippen molar-refractivity contribution in [1.29, 1.82) is 0 Å². The molecule has 12 heavy (non-hydrogen) atoms. The summed E-state index contributed by atoms with van der Waals surface area (Å²) in [4.78, 5) is 0. The highest BCUT2D eigenvalue weighted by atomic mass is 16.3. The standard InChI is InChI=1S/C11H22O/c1-4-11(12,5-2)10-7-6-9(3)8-10/h9-10,12H,4-8H2,1-3H3/t9-,10+/m0/s1. The molecule has 1 heteroatoms. The molecule has 1 rings (SSSR count). The molecule has 0 amide bonds. The Morgan fingerprint density at radius 1 is 1.25 bits per heavy atom. The molecule has 1 saturated carbocycles. The van der Waals surface area contributed by atoms with Crippen molar-refractivity contribution in [1.82, 2.24) is 0 Å². The van der Waals surface area contributed by atoms with Crippen molar-refractivity contribution in [3.05, 3.63) is 0 Å². The average molecular weight is 170 g/mol. The lowest BCUT2D eigenvalue weighted by Gasteiger charge is -2.32. The summed E-state index contributed by atoms with van der Waals surface area (Å²) in [5.74, 6) is 1.40. The summed E-state index contributed by atoms with van der Waals surface area (Å²) in [6, 6.07) is 0. The van der Waals surface area contributed by atoms with Crippen molar-refractivity contribution in [2.45, 2.75) is 58.5 Å². The molecule has 1 nitrogen and oxygen atoms in total. The molecule has 0 heterocycles. The van der Waals surface area contributed by atoms with Crippen LogP contribution in [0.4, 0.5) is 0 Å². The maximum Gasteiger partial charge on any atom is 0.0670 e. The summed E-state index contributed by atoms with van der Waals surface area (Å²) in [7, 11) is 0. The van der Waals surface area contributed by atoms with Gasteiger partial charge in [0.05, 0.1) is 5.60 Å². The summed E-state index contributed by atoms with van der Waals surface area (Å²) in [6.45, 7) is 6.50. The van der Waals surface area contributed by atoms with Crippen LogP contribution >= 0.6 is 0 Å². The lowest BCUT2D eigenvalue weighted by atomic mass is 9.81. The highest BCUT2D eigenvalue weighted by Crippen LogP contribution is 2.40. The summed E-state index contributed by atoms with van der Waals surface area (Å²) in [5, 5.41) is 10.2. The van der Waals surface area contributed by atoms with Crippen molar-refractivity contribution >= 4 is 0 Å². The van der Waals surface area contributed by atoms with Crippen LogP contribution in [0.3, 0.4) is 0 Å². The topological polar surface area (TPSA) is 20.2 Å². The summed E-state index contributed by atoms with van der Waals surface area (Å²) < 4.78 is 0. The minimum Gasteiger partial charge on any atom is -0.390 e. The monoisotopic (exact) mass is 170 g/mol. The largest absolute Gasteiger partial charge is 0.390 e. The van der Waals surface area contributed by atoms with Crippen molar-refractivity contribution < 1.29 is 5.11 Å². The van der Waals surface area contributed by atoms with E-state index >= 15 is 0 Å². The fraction of sp³-hybridized carbons (Fsp3) is 1.00. The van der Waals surface area contributed by atoms with E-state index in [4.69, 9.17) is 0 Å². The van der Waals surface area contributed by atoms with Gasteiger partial charge in [-0.15, -0.1) is 0 Å². The van der Waals surface area contributed by atoms with Crippen LogP contribution < -0.4 is 0 Å². The number of aliphatic hydroxyl groups is 1. The van der Waals surface area contributed by atoms with Crippen LogP contribution in [0, 0.1) is 11.8 Å². The number of hydrogen-bond donors (Lipinski definition) is 1. The third-order valence-corrected chi connectivity index (χ3v) is 3.68. The van der Waals surface area contributed by atoms with Crippen LogP contribution in [-0.4, -0.2) is 10.7 Å². The van der Waals surface area contributed by atoms with Gasteiger partial charge in [-0.1, -0.05) is 27.2 Å². The predicted molar refractivity (Wildman–Crippen MR) is 52.0 cm³/mol. The van der Waals surface area contributed by atoms with Gasteiger partial charge in [0.25, 0.3) is 0 Å². The first-order valence-corrected chi connectivity index (χ1v) is 5.34. The molecule has 0 saturated heterocycles. The predicted octanol–water partition coefficient (Wildman–Crippen LogP) is 2.97. The van der Waals surface area contributed by atoms with Gasteiger partial charge in [0.15, 0.2) is 0 Å². The molecule has 0 aromatic heterocycles. The highest BCUT2D eigenvalue weighted by molar-refractivity contribution is 4.88. The Morgan fingerprint density at radius 2 is 1.83 bits per heavy atom. The third kappa shape index (κ3) is 1.82. The molecule has 1 aliphatic carbocycles. The van der Waals surface area contributed by atoms with E-state index in [0.29, 0.717) is 5.92 Å². The molecule has 0 unspecified atom stereocenters. The minimum atomic E-state index is -0.356. The molecule has 0 aromatic carbocycles. The molecule has 1 aliphatic rings. The van der Waals surface area contributed by atoms with Crippen LogP contribution in [0.15, 0.2) is 0 Å². The molecule has 0 radical (unpaired) electrons. The van der Waals surface area contributed by atoms with Crippen molar-refractivity contribution in [3.63, 3.8) is 0 Å². The fourth-order valence-electron chi connectivity index (χ4n) is 2.52. The zero-order valence-electron chi connectivity index (χ0n) is 8.64. The quantitative estimate of drug-likeness (QED) is 0.690. The van der Waals surface area contributed by atoms with E-state index in [9.17, 15) is 5.11 Å². The van der Waals surface area contributed by atoms with Crippen LogP contribution in [0.25, 0.3) is 0 Å². The Bertz CT molecular complexity index is 138. The van der Waals surface area contributed by atoms with Crippen LogP contribution in [-0.2, 0) is 0 Å². The molecular weight excluding hydrogens is 148 g/mol. The van der Waals surface area contributed by atoms with Crippen molar-refractivity contribution in [2.24, 2.45) is 11.8 Å². The van der Waals surface area contributed by atoms with E-state index in [1.54, 1.807) is 0 Å². The van der Waals surface area contributed by atoms with Crippen LogP contribution in [0.5, 0.6) is 0 Å². The van der Waals surface area contributed by atoms with Gasteiger partial charge >= 0.3 is 0 Å². The van der Waals surface area contributed by atoms with Gasteiger partial charge in [-0.25, -0.2) is 0 Å². The van der Waals surface area contributed by atoms with Crippen molar-refractivity contribution in [2.75, 3.05) is 0 Å². The Hall–Kier alpha value is -0.0400. The smallest absolute Gasteiger partial charge is 0.0670 e. The SMILES string of the molecule is CCC(O)(CC)[C@@H]1CC[C@H](C)C1. The zero-order valence-corrected chi connectivity index (χ0v) is 8.64. The minimum absolute atomic E-state index is 0.356. The molecule has 2 atom stereocenters. The highest BCUT2D eigenvalue weighted by Gasteiger charge is 2.37. The lowest BCUT2D eigenvalue weighted by molar-refractivity contribution is -0.0245. The van der Waals surface area contributed by atoms with Gasteiger partial charge in [0, 0.05) is 0 Å². The molecule has 1 fully saturated rings. The van der Waals surface area contributed by atoms with Gasteiger partial charge < -0.3 is 5.11 Å². The lowest BCUT2D eigenvalue weighted by Crippen LogP contribution is -2.35. The zero-order chi connectivity index (χ0) is 9.19. The molecule has 0 bridgehead atoms. The molecule has 0 aromatic rings. The maximum absolute atomic E-state index is 10.2. The van der Waals surface area contributed by atoms with E-state index in [2.05, 4.69) is 20.8 Å². The maximum atomic E-state index is 10.2. The number of hydrogen-bond acceptors (Lipinski definition) is 1. The second kappa shape index (κ2) is 3.78. The Kier molecular flexibility index (Phi) is 3.16. The van der Waals surface area contributed by atoms with Crippen LogP contribution in [0.1, 0.15) is 52.9 Å². The van der Waals surface area contributed by atoms with Gasteiger partial charge in [-0.2, -0.15) is 0 Å². The van der Waals surface area contributed by atoms with Gasteiger partial charge in [0.1, 0.15) is 0 Å². The molecular formula is C11H22O. The second-order valence-electron chi connectivity index (χ2n) is 4.43. The summed E-state index contributed by atoms with van der Waals surface area (Å²) in [6.07, 6.45) is 5.62. The van der Waals surface area contributed by atoms with Gasteiger partial charge in [-0.3, -0.25) is 0 Å². The van der Waals surface area contributed by atoms with E-state index in [-0.39, 0.29) is 5.60 Å². The molecule has 0 aliphatic heterocycles. The first-order valence-electron chi connectivity index (χ1n) is 5.34. The summed E-state index contributed by atoms with van der Waals surface area (Å²) in [5.41, 5.74) is -0.356. The third-order valence-electron chi connectivity index (χ3n) is 3.68. The van der Waals surface area contributed by atoms with E-state index in [0.717, 1.165) is 18.8 Å². The summed E-state index contributed by atoms with van der Waals surface area (Å²) >= 11 is 0. The first kappa shape index (κ1) is 10.0. The molecule has 0 spiro atoms.